The van der Waals surface area contributed by atoms with Crippen LogP contribution in [0.2, 0.25) is 0 Å². The number of nitrogens with zero attached hydrogens (tertiary/aromatic N) is 1. The molecule has 3 aromatic rings. The smallest absolute Gasteiger partial charge is 0.337 e. The third-order valence-electron chi connectivity index (χ3n) is 5.13. The minimum Gasteiger partial charge on any atom is -0.463 e. The Morgan fingerprint density at radius 1 is 0.939 bits per heavy atom. The molecule has 168 valence electrons. The van der Waals surface area contributed by atoms with Crippen LogP contribution in [0.3, 0.4) is 0 Å². The fourth-order valence-electron chi connectivity index (χ4n) is 3.62. The maximum atomic E-state index is 13.2. The molecule has 1 aliphatic heterocycles. The van der Waals surface area contributed by atoms with Gasteiger partial charge < -0.3 is 10.1 Å². The largest absolute Gasteiger partial charge is 0.463 e. The predicted octanol–water partition coefficient (Wildman–Crippen LogP) is 6.01. The third kappa shape index (κ3) is 5.52. The van der Waals surface area contributed by atoms with Crippen LogP contribution in [0.15, 0.2) is 106 Å². The van der Waals surface area contributed by atoms with Gasteiger partial charge in [-0.3, -0.25) is 0 Å². The van der Waals surface area contributed by atoms with Gasteiger partial charge in [0.05, 0.1) is 23.1 Å². The number of hydrogen-bond acceptors (Lipinski definition) is 4. The van der Waals surface area contributed by atoms with Crippen LogP contribution in [-0.4, -0.2) is 23.5 Å². The molecule has 0 bridgehead atoms. The van der Waals surface area contributed by atoms with Crippen molar-refractivity contribution in [1.29, 1.82) is 0 Å². The van der Waals surface area contributed by atoms with Crippen molar-refractivity contribution >= 4 is 39.7 Å². The summed E-state index contributed by atoms with van der Waals surface area (Å²) in [4.78, 5) is 14.4. The Hall–Kier alpha value is -2.96. The van der Waals surface area contributed by atoms with E-state index >= 15 is 0 Å². The number of carbonyl (C=O) groups is 1. The molecule has 0 spiro atoms. The molecule has 0 fully saturated rings. The number of ether oxygens (including phenoxy) is 1. The van der Waals surface area contributed by atoms with E-state index in [9.17, 15) is 4.79 Å². The molecule has 1 N–H and O–H groups in total. The standard InChI is InChI=1S/C27H26N2O2S2/c1-3-31-26(30)23-24(20-14-8-5-9-15-20)28-27(32-25(23)21-16-10-6-11-17-21)29-33(4-2)22-18-12-7-13-19-22/h5-19,25H,3-4H2,1-2H3/p+1. The van der Waals surface area contributed by atoms with Crippen molar-refractivity contribution in [3.63, 3.8) is 0 Å². The van der Waals surface area contributed by atoms with Gasteiger partial charge in [-0.1, -0.05) is 90.6 Å². The number of esters is 1. The highest BCUT2D eigenvalue weighted by molar-refractivity contribution is 8.15. The van der Waals surface area contributed by atoms with Gasteiger partial charge in [-0.05, 0) is 41.5 Å². The van der Waals surface area contributed by atoms with Crippen LogP contribution in [0, 0.1) is 0 Å². The first-order chi connectivity index (χ1) is 16.2. The van der Waals surface area contributed by atoms with Crippen molar-refractivity contribution in [1.82, 2.24) is 5.32 Å². The highest BCUT2D eigenvalue weighted by Crippen LogP contribution is 2.43. The van der Waals surface area contributed by atoms with E-state index in [2.05, 4.69) is 36.5 Å². The Balaban J connectivity index is 1.85. The Morgan fingerprint density at radius 2 is 1.55 bits per heavy atom. The van der Waals surface area contributed by atoms with Crippen LogP contribution in [-0.2, 0) is 20.6 Å². The predicted molar refractivity (Wildman–Crippen MR) is 140 cm³/mol. The summed E-state index contributed by atoms with van der Waals surface area (Å²) >= 11 is 1.28. The fourth-order valence-corrected chi connectivity index (χ4v) is 6.36. The second-order valence-corrected chi connectivity index (χ2v) is 10.3. The van der Waals surface area contributed by atoms with Crippen molar-refractivity contribution in [3.05, 3.63) is 108 Å². The highest BCUT2D eigenvalue weighted by atomic mass is 32.2. The van der Waals surface area contributed by atoms with E-state index in [-0.39, 0.29) is 22.3 Å². The van der Waals surface area contributed by atoms with Gasteiger partial charge in [0.15, 0.2) is 16.0 Å². The lowest BCUT2D eigenvalue weighted by molar-refractivity contribution is -0.138. The second-order valence-electron chi connectivity index (χ2n) is 7.27. The second kappa shape index (κ2) is 11.3. The van der Waals surface area contributed by atoms with Crippen LogP contribution in [0.1, 0.15) is 30.2 Å². The summed E-state index contributed by atoms with van der Waals surface area (Å²) in [5, 5.41) is 4.08. The lowest BCUT2D eigenvalue weighted by atomic mass is 9.98. The third-order valence-corrected chi connectivity index (χ3v) is 8.18. The number of rotatable bonds is 7. The minimum absolute atomic E-state index is 0.224. The van der Waals surface area contributed by atoms with Gasteiger partial charge in [0.25, 0.3) is 0 Å². The number of amidine groups is 1. The molecule has 1 heterocycles. The maximum Gasteiger partial charge on any atom is 0.337 e. The summed E-state index contributed by atoms with van der Waals surface area (Å²) in [5.74, 6) is 0.600. The maximum absolute atomic E-state index is 13.2. The van der Waals surface area contributed by atoms with Gasteiger partial charge in [0, 0.05) is 0 Å². The molecular formula is C27H27N2O2S2+. The minimum atomic E-state index is -0.304. The monoisotopic (exact) mass is 475 g/mol. The summed E-state index contributed by atoms with van der Waals surface area (Å²) < 4.78 is 10.6. The van der Waals surface area contributed by atoms with Crippen LogP contribution in [0.25, 0.3) is 5.70 Å². The van der Waals surface area contributed by atoms with Gasteiger partial charge in [-0.25, -0.2) is 4.79 Å². The van der Waals surface area contributed by atoms with Crippen LogP contribution in [0.5, 0.6) is 0 Å². The quantitative estimate of drug-likeness (QED) is 0.336. The SMILES string of the molecule is CCOC(=O)C1=C(c2ccccc2)N/C(=N/[S+](CC)c2ccccc2)SC1c1ccccc1. The molecule has 2 atom stereocenters. The lowest BCUT2D eigenvalue weighted by Crippen LogP contribution is -2.32. The summed E-state index contributed by atoms with van der Waals surface area (Å²) in [5.41, 5.74) is 3.36. The van der Waals surface area contributed by atoms with Gasteiger partial charge in [-0.2, -0.15) is 0 Å². The molecular weight excluding hydrogens is 448 g/mol. The van der Waals surface area contributed by atoms with E-state index in [1.165, 1.54) is 4.90 Å². The number of hydrogen-bond donors (Lipinski definition) is 1. The Kier molecular flexibility index (Phi) is 7.92. The van der Waals surface area contributed by atoms with E-state index in [1.807, 2.05) is 73.7 Å². The summed E-state index contributed by atoms with van der Waals surface area (Å²) in [6, 6.07) is 30.4. The van der Waals surface area contributed by atoms with Crippen molar-refractivity contribution < 1.29 is 9.53 Å². The molecule has 6 heteroatoms. The number of thioether (sulfide) groups is 1. The number of carbonyl (C=O) groups excluding carboxylic acids is 1. The molecule has 0 aromatic heterocycles. The molecule has 4 rings (SSSR count). The van der Waals surface area contributed by atoms with Crippen LogP contribution < -0.4 is 5.32 Å². The zero-order valence-electron chi connectivity index (χ0n) is 18.7. The fraction of sp³-hybridized carbons (Fsp3) is 0.185. The average Bonchev–Trinajstić information content (AvgIpc) is 2.88. The zero-order valence-corrected chi connectivity index (χ0v) is 20.4. The molecule has 4 nitrogen and oxygen atoms in total. The van der Waals surface area contributed by atoms with E-state index in [0.29, 0.717) is 12.2 Å². The molecule has 0 amide bonds. The van der Waals surface area contributed by atoms with Gasteiger partial charge in [0.2, 0.25) is 5.17 Å². The Morgan fingerprint density at radius 3 is 2.15 bits per heavy atom. The van der Waals surface area contributed by atoms with Gasteiger partial charge in [0.1, 0.15) is 5.75 Å². The Labute approximate surface area is 202 Å². The summed E-state index contributed by atoms with van der Waals surface area (Å²) in [6.07, 6.45) is 0. The van der Waals surface area contributed by atoms with Gasteiger partial charge >= 0.3 is 5.97 Å². The van der Waals surface area contributed by atoms with E-state index < -0.39 is 0 Å². The average molecular weight is 476 g/mol. The van der Waals surface area contributed by atoms with E-state index in [0.717, 1.165) is 27.7 Å². The number of benzene rings is 3. The van der Waals surface area contributed by atoms with E-state index in [4.69, 9.17) is 9.13 Å². The van der Waals surface area contributed by atoms with Crippen molar-refractivity contribution in [2.45, 2.75) is 24.0 Å². The Bertz CT molecular complexity index is 1130. The topological polar surface area (TPSA) is 50.7 Å². The molecule has 33 heavy (non-hydrogen) atoms. The first-order valence-corrected chi connectivity index (χ1v) is 13.2. The van der Waals surface area contributed by atoms with Gasteiger partial charge in [-0.15, -0.1) is 0 Å². The molecule has 0 aliphatic carbocycles. The van der Waals surface area contributed by atoms with E-state index in [1.54, 1.807) is 11.8 Å². The molecule has 2 unspecified atom stereocenters. The molecule has 1 aliphatic rings. The molecule has 0 saturated carbocycles. The van der Waals surface area contributed by atoms with Crippen molar-refractivity contribution in [2.75, 3.05) is 12.4 Å². The lowest BCUT2D eigenvalue weighted by Gasteiger charge is -2.29. The van der Waals surface area contributed by atoms with Crippen LogP contribution >= 0.6 is 11.8 Å². The summed E-state index contributed by atoms with van der Waals surface area (Å²) in [7, 11) is 0. The molecule has 3 aromatic carbocycles. The highest BCUT2D eigenvalue weighted by Gasteiger charge is 2.36. The molecule has 0 radical (unpaired) electrons. The first-order valence-electron chi connectivity index (χ1n) is 11.0. The van der Waals surface area contributed by atoms with Crippen molar-refractivity contribution in [2.24, 2.45) is 4.40 Å². The number of nitrogens with one attached hydrogen (secondary N) is 1. The van der Waals surface area contributed by atoms with Crippen molar-refractivity contribution in [3.8, 4) is 0 Å². The molecule has 0 saturated heterocycles. The normalized spacial score (nSPS) is 18.0. The van der Waals surface area contributed by atoms with Crippen LogP contribution in [0.4, 0.5) is 0 Å². The zero-order chi connectivity index (χ0) is 23.0. The first kappa shape index (κ1) is 23.2. The summed E-state index contributed by atoms with van der Waals surface area (Å²) in [6.45, 7) is 4.31.